The molecule has 2 atom stereocenters. The molecule has 2 unspecified atom stereocenters. The molecule has 0 radical (unpaired) electrons. The topological polar surface area (TPSA) is 75.1 Å². The molecule has 0 spiro atoms. The molecule has 0 aliphatic heterocycles. The van der Waals surface area contributed by atoms with Gasteiger partial charge in [0.1, 0.15) is 5.82 Å². The van der Waals surface area contributed by atoms with Gasteiger partial charge in [-0.2, -0.15) is 18.0 Å². The third-order valence-corrected chi connectivity index (χ3v) is 8.10. The van der Waals surface area contributed by atoms with Gasteiger partial charge in [-0.05, 0) is 71.4 Å². The quantitative estimate of drug-likeness (QED) is 0.164. The summed E-state index contributed by atoms with van der Waals surface area (Å²) in [7, 11) is 0. The van der Waals surface area contributed by atoms with E-state index in [1.165, 1.54) is 10.4 Å². The van der Waals surface area contributed by atoms with Crippen molar-refractivity contribution in [2.75, 3.05) is 30.0 Å². The normalized spacial score (nSPS) is 15.0. The highest BCUT2D eigenvalue weighted by molar-refractivity contribution is 6.03. The van der Waals surface area contributed by atoms with Crippen molar-refractivity contribution in [3.63, 3.8) is 0 Å². The number of carbonyl (C=O) groups excluding carboxylic acids is 1. The van der Waals surface area contributed by atoms with E-state index in [0.29, 0.717) is 36.7 Å². The van der Waals surface area contributed by atoms with Gasteiger partial charge in [-0.15, -0.1) is 5.10 Å². The summed E-state index contributed by atoms with van der Waals surface area (Å²) < 4.78 is 41.0. The van der Waals surface area contributed by atoms with Gasteiger partial charge in [0.2, 0.25) is 0 Å². The highest BCUT2D eigenvalue weighted by Crippen LogP contribution is 2.45. The highest BCUT2D eigenvalue weighted by atomic mass is 19.4. The Balaban J connectivity index is 1.32. The summed E-state index contributed by atoms with van der Waals surface area (Å²) in [6, 6.07) is 22.4. The fraction of sp³-hybridized carbons (Fsp3) is 0.343. The van der Waals surface area contributed by atoms with Crippen molar-refractivity contribution in [1.82, 2.24) is 20.2 Å². The number of carbonyl (C=O) groups is 1. The van der Waals surface area contributed by atoms with Crippen LogP contribution in [0.2, 0.25) is 0 Å². The standard InChI is InChI=1S/C35H39F3N6O/c1-4-18-43(19-5-2)44-29(21-31(42-44)35(36,37)38)23-39-22-28-20-27-10-6-7-11-30(27)33(28)24(3)25-13-15-26(16-14-25)34(45)41-32-12-8-9-17-40-32/h6-17,20-21,24,33,39H,4-5,18-19,22-23H2,1-3H3,(H,40,41,45). The molecule has 7 nitrogen and oxygen atoms in total. The Kier molecular flexibility index (Phi) is 10.0. The number of pyridine rings is 1. The fourth-order valence-corrected chi connectivity index (χ4v) is 5.99. The van der Waals surface area contributed by atoms with Crippen LogP contribution in [-0.2, 0) is 12.7 Å². The fourth-order valence-electron chi connectivity index (χ4n) is 5.99. The first-order chi connectivity index (χ1) is 21.7. The number of anilines is 1. The average Bonchev–Trinajstić information content (AvgIpc) is 3.63. The van der Waals surface area contributed by atoms with Gasteiger partial charge in [-0.25, -0.2) is 4.98 Å². The number of hydrogen-bond acceptors (Lipinski definition) is 5. The van der Waals surface area contributed by atoms with Crippen LogP contribution >= 0.6 is 0 Å². The molecule has 45 heavy (non-hydrogen) atoms. The molecule has 2 aromatic heterocycles. The second-order valence-corrected chi connectivity index (χ2v) is 11.4. The highest BCUT2D eigenvalue weighted by Gasteiger charge is 2.36. The Hall–Kier alpha value is -4.44. The van der Waals surface area contributed by atoms with Crippen molar-refractivity contribution < 1.29 is 18.0 Å². The van der Waals surface area contributed by atoms with Crippen LogP contribution in [-0.4, -0.2) is 40.4 Å². The Bertz CT molecular complexity index is 1610. The van der Waals surface area contributed by atoms with Crippen molar-refractivity contribution >= 4 is 17.8 Å². The zero-order chi connectivity index (χ0) is 32.0. The lowest BCUT2D eigenvalue weighted by Crippen LogP contribution is -2.39. The molecule has 2 heterocycles. The van der Waals surface area contributed by atoms with Gasteiger partial charge in [0.25, 0.3) is 5.91 Å². The SMILES string of the molecule is CCCN(CCC)n1nc(C(F)(F)F)cc1CNCC1=Cc2ccccc2C1C(C)c1ccc(C(=O)Nc2ccccn2)cc1. The third-order valence-electron chi connectivity index (χ3n) is 8.10. The van der Waals surface area contributed by atoms with Crippen molar-refractivity contribution in [2.45, 2.75) is 58.2 Å². The molecule has 0 fully saturated rings. The summed E-state index contributed by atoms with van der Waals surface area (Å²) in [5, 5.41) is 12.1. The summed E-state index contributed by atoms with van der Waals surface area (Å²) in [6.45, 7) is 8.15. The molecule has 236 valence electrons. The molecule has 5 rings (SSSR count). The van der Waals surface area contributed by atoms with Crippen molar-refractivity contribution in [3.8, 4) is 0 Å². The molecule has 2 N–H and O–H groups in total. The second kappa shape index (κ2) is 14.1. The van der Waals surface area contributed by atoms with Crippen molar-refractivity contribution in [2.24, 2.45) is 0 Å². The summed E-state index contributed by atoms with van der Waals surface area (Å²) >= 11 is 0. The minimum Gasteiger partial charge on any atom is -0.307 e. The minimum atomic E-state index is -4.52. The van der Waals surface area contributed by atoms with E-state index < -0.39 is 11.9 Å². The molecule has 1 amide bonds. The largest absolute Gasteiger partial charge is 0.435 e. The number of fused-ring (bicyclic) bond motifs is 1. The summed E-state index contributed by atoms with van der Waals surface area (Å²) in [5.74, 6) is 0.412. The van der Waals surface area contributed by atoms with Crippen LogP contribution in [0, 0.1) is 0 Å². The molecule has 10 heteroatoms. The average molecular weight is 617 g/mol. The van der Waals surface area contributed by atoms with Crippen LogP contribution < -0.4 is 15.6 Å². The number of nitrogens with zero attached hydrogens (tertiary/aromatic N) is 4. The van der Waals surface area contributed by atoms with Crippen LogP contribution in [0.5, 0.6) is 0 Å². The predicted molar refractivity (Wildman–Crippen MR) is 172 cm³/mol. The smallest absolute Gasteiger partial charge is 0.307 e. The number of halogens is 3. The van der Waals surface area contributed by atoms with Gasteiger partial charge in [-0.1, -0.05) is 69.3 Å². The number of rotatable bonds is 13. The van der Waals surface area contributed by atoms with Gasteiger partial charge in [0, 0.05) is 43.9 Å². The van der Waals surface area contributed by atoms with E-state index in [9.17, 15) is 18.0 Å². The Labute approximate surface area is 262 Å². The van der Waals surface area contributed by atoms with E-state index >= 15 is 0 Å². The predicted octanol–water partition coefficient (Wildman–Crippen LogP) is 7.38. The van der Waals surface area contributed by atoms with Gasteiger partial charge >= 0.3 is 6.18 Å². The van der Waals surface area contributed by atoms with Crippen LogP contribution in [0.15, 0.2) is 84.6 Å². The molecule has 0 saturated carbocycles. The number of hydrogen-bond donors (Lipinski definition) is 2. The van der Waals surface area contributed by atoms with E-state index in [1.54, 1.807) is 18.3 Å². The molecular weight excluding hydrogens is 577 g/mol. The number of alkyl halides is 3. The van der Waals surface area contributed by atoms with E-state index in [0.717, 1.165) is 35.6 Å². The molecule has 0 saturated heterocycles. The van der Waals surface area contributed by atoms with Gasteiger partial charge in [-0.3, -0.25) is 9.80 Å². The third kappa shape index (κ3) is 7.45. The molecule has 2 aromatic carbocycles. The second-order valence-electron chi connectivity index (χ2n) is 11.4. The monoisotopic (exact) mass is 616 g/mol. The maximum atomic E-state index is 13.7. The van der Waals surface area contributed by atoms with Crippen molar-refractivity contribution in [3.05, 3.63) is 118 Å². The van der Waals surface area contributed by atoms with Gasteiger partial charge < -0.3 is 10.6 Å². The summed E-state index contributed by atoms with van der Waals surface area (Å²) in [4.78, 5) is 18.4. The summed E-state index contributed by atoms with van der Waals surface area (Å²) in [6.07, 6.45) is 0.886. The molecular formula is C35H39F3N6O. The lowest BCUT2D eigenvalue weighted by Gasteiger charge is -2.27. The molecule has 1 aliphatic carbocycles. The number of amides is 1. The Morgan fingerprint density at radius 2 is 1.69 bits per heavy atom. The Morgan fingerprint density at radius 1 is 0.978 bits per heavy atom. The van der Waals surface area contributed by atoms with Crippen LogP contribution in [0.3, 0.4) is 0 Å². The van der Waals surface area contributed by atoms with Crippen LogP contribution in [0.1, 0.15) is 83.9 Å². The number of aromatic nitrogens is 3. The zero-order valence-electron chi connectivity index (χ0n) is 25.8. The maximum Gasteiger partial charge on any atom is 0.435 e. The first-order valence-corrected chi connectivity index (χ1v) is 15.4. The molecule has 1 aliphatic rings. The lowest BCUT2D eigenvalue weighted by atomic mass is 9.80. The first-order valence-electron chi connectivity index (χ1n) is 15.4. The zero-order valence-corrected chi connectivity index (χ0v) is 25.8. The van der Waals surface area contributed by atoms with E-state index in [4.69, 9.17) is 0 Å². The number of nitrogens with one attached hydrogen (secondary N) is 2. The molecule has 4 aromatic rings. The summed E-state index contributed by atoms with van der Waals surface area (Å²) in [5.41, 5.74) is 4.72. The van der Waals surface area contributed by atoms with E-state index in [1.807, 2.05) is 61.3 Å². The van der Waals surface area contributed by atoms with E-state index in [2.05, 4.69) is 45.8 Å². The lowest BCUT2D eigenvalue weighted by molar-refractivity contribution is -0.141. The first kappa shape index (κ1) is 32.0. The van der Waals surface area contributed by atoms with Crippen LogP contribution in [0.4, 0.5) is 19.0 Å². The van der Waals surface area contributed by atoms with E-state index in [-0.39, 0.29) is 24.3 Å². The minimum absolute atomic E-state index is 0.0641. The molecule has 0 bridgehead atoms. The Morgan fingerprint density at radius 3 is 2.36 bits per heavy atom. The van der Waals surface area contributed by atoms with Gasteiger partial charge in [0.15, 0.2) is 5.69 Å². The van der Waals surface area contributed by atoms with Crippen LogP contribution in [0.25, 0.3) is 6.08 Å². The number of benzene rings is 2. The van der Waals surface area contributed by atoms with Gasteiger partial charge in [0.05, 0.1) is 5.69 Å². The maximum absolute atomic E-state index is 13.7. The van der Waals surface area contributed by atoms with Crippen molar-refractivity contribution in [1.29, 1.82) is 0 Å².